The van der Waals surface area contributed by atoms with E-state index >= 15 is 0 Å². The number of hydrogen-bond acceptors (Lipinski definition) is 2. The van der Waals surface area contributed by atoms with Gasteiger partial charge in [0.05, 0.1) is 0 Å². The summed E-state index contributed by atoms with van der Waals surface area (Å²) in [5.41, 5.74) is 0. The van der Waals surface area contributed by atoms with Crippen LogP contribution in [0.25, 0.3) is 0 Å². The average Bonchev–Trinajstić information content (AvgIpc) is 2.21. The third kappa shape index (κ3) is 8.26. The fourth-order valence-electron chi connectivity index (χ4n) is 1.07. The first kappa shape index (κ1) is 13.7. The molecule has 0 bridgehead atoms. The summed E-state index contributed by atoms with van der Waals surface area (Å²) in [6.45, 7) is 6.23. The van der Waals surface area contributed by atoms with Crippen molar-refractivity contribution in [1.82, 2.24) is 10.2 Å². The summed E-state index contributed by atoms with van der Waals surface area (Å²) in [5, 5.41) is 3.80. The van der Waals surface area contributed by atoms with Crippen LogP contribution in [0.5, 0.6) is 0 Å². The van der Waals surface area contributed by atoms with Crippen molar-refractivity contribution in [3.05, 3.63) is 12.7 Å². The summed E-state index contributed by atoms with van der Waals surface area (Å²) in [7, 11) is 2.10. The second-order valence-electron chi connectivity index (χ2n) is 3.19. The van der Waals surface area contributed by atoms with Crippen molar-refractivity contribution in [2.75, 3.05) is 32.0 Å². The molecule has 1 amide bonds. The zero-order valence-corrected chi connectivity index (χ0v) is 10.3. The number of carbonyl (C=O) groups is 1. The molecule has 82 valence electrons. The Kier molecular flexibility index (Phi) is 8.98. The summed E-state index contributed by atoms with van der Waals surface area (Å²) >= 11 is 3.39. The van der Waals surface area contributed by atoms with Crippen LogP contribution in [0.4, 0.5) is 0 Å². The van der Waals surface area contributed by atoms with Crippen molar-refractivity contribution in [2.45, 2.75) is 12.8 Å². The molecule has 0 aromatic carbocycles. The van der Waals surface area contributed by atoms with Gasteiger partial charge in [0.15, 0.2) is 0 Å². The Morgan fingerprint density at radius 2 is 2.14 bits per heavy atom. The molecule has 0 aliphatic rings. The zero-order valence-electron chi connectivity index (χ0n) is 8.76. The number of alkyl halides is 1. The van der Waals surface area contributed by atoms with E-state index in [1.807, 2.05) is 0 Å². The SMILES string of the molecule is C=CC(=O)NCCCN(C)CCCBr. The number of halogens is 1. The van der Waals surface area contributed by atoms with Crippen LogP contribution in [0.1, 0.15) is 12.8 Å². The van der Waals surface area contributed by atoms with Gasteiger partial charge in [-0.15, -0.1) is 0 Å². The van der Waals surface area contributed by atoms with Gasteiger partial charge in [-0.25, -0.2) is 0 Å². The lowest BCUT2D eigenvalue weighted by Gasteiger charge is -2.15. The predicted molar refractivity (Wildman–Crippen MR) is 63.7 cm³/mol. The van der Waals surface area contributed by atoms with Gasteiger partial charge < -0.3 is 10.2 Å². The average molecular weight is 263 g/mol. The van der Waals surface area contributed by atoms with Crippen LogP contribution in [-0.4, -0.2) is 42.8 Å². The quantitative estimate of drug-likeness (QED) is 0.408. The molecule has 0 aromatic heterocycles. The maximum Gasteiger partial charge on any atom is 0.243 e. The van der Waals surface area contributed by atoms with Gasteiger partial charge in [0.1, 0.15) is 0 Å². The smallest absolute Gasteiger partial charge is 0.243 e. The van der Waals surface area contributed by atoms with Gasteiger partial charge in [-0.3, -0.25) is 4.79 Å². The molecule has 0 fully saturated rings. The van der Waals surface area contributed by atoms with Gasteiger partial charge in [0, 0.05) is 11.9 Å². The Labute approximate surface area is 94.7 Å². The van der Waals surface area contributed by atoms with Crippen LogP contribution in [0, 0.1) is 0 Å². The van der Waals surface area contributed by atoms with Crippen LogP contribution < -0.4 is 5.32 Å². The standard InChI is InChI=1S/C10H19BrN2O/c1-3-10(14)12-7-5-9-13(2)8-4-6-11/h3H,1,4-9H2,2H3,(H,12,14). The Morgan fingerprint density at radius 1 is 1.50 bits per heavy atom. The van der Waals surface area contributed by atoms with Gasteiger partial charge in [-0.2, -0.15) is 0 Å². The molecule has 1 N–H and O–H groups in total. The summed E-state index contributed by atoms with van der Waals surface area (Å²) in [6.07, 6.45) is 3.45. The Bertz CT molecular complexity index is 174. The number of carbonyl (C=O) groups excluding carboxylic acids is 1. The van der Waals surface area contributed by atoms with E-state index in [-0.39, 0.29) is 5.91 Å². The fourth-order valence-corrected chi connectivity index (χ4v) is 1.32. The Morgan fingerprint density at radius 3 is 2.71 bits per heavy atom. The van der Waals surface area contributed by atoms with Crippen LogP contribution >= 0.6 is 15.9 Å². The van der Waals surface area contributed by atoms with Gasteiger partial charge >= 0.3 is 0 Å². The van der Waals surface area contributed by atoms with Crippen molar-refractivity contribution in [3.63, 3.8) is 0 Å². The third-order valence-electron chi connectivity index (χ3n) is 1.87. The molecule has 0 saturated heterocycles. The summed E-state index contributed by atoms with van der Waals surface area (Å²) in [4.78, 5) is 13.0. The monoisotopic (exact) mass is 262 g/mol. The molecule has 4 heteroatoms. The topological polar surface area (TPSA) is 32.3 Å². The minimum Gasteiger partial charge on any atom is -0.353 e. The molecule has 0 aliphatic heterocycles. The van der Waals surface area contributed by atoms with E-state index < -0.39 is 0 Å². The highest BCUT2D eigenvalue weighted by molar-refractivity contribution is 9.09. The maximum absolute atomic E-state index is 10.8. The van der Waals surface area contributed by atoms with E-state index in [1.165, 1.54) is 6.08 Å². The Hall–Kier alpha value is -0.350. The number of amides is 1. The highest BCUT2D eigenvalue weighted by Gasteiger charge is 1.97. The second-order valence-corrected chi connectivity index (χ2v) is 3.99. The molecule has 0 aromatic rings. The van der Waals surface area contributed by atoms with Gasteiger partial charge in [-0.05, 0) is 39.1 Å². The van der Waals surface area contributed by atoms with E-state index in [1.54, 1.807) is 0 Å². The van der Waals surface area contributed by atoms with Gasteiger partial charge in [-0.1, -0.05) is 22.5 Å². The first-order valence-corrected chi connectivity index (χ1v) is 5.97. The van der Waals surface area contributed by atoms with E-state index in [4.69, 9.17) is 0 Å². The molecule has 0 spiro atoms. The minimum absolute atomic E-state index is 0.0897. The van der Waals surface area contributed by atoms with E-state index in [0.29, 0.717) is 0 Å². The normalized spacial score (nSPS) is 10.2. The fraction of sp³-hybridized carbons (Fsp3) is 0.700. The minimum atomic E-state index is -0.0897. The lowest BCUT2D eigenvalue weighted by molar-refractivity contribution is -0.116. The highest BCUT2D eigenvalue weighted by atomic mass is 79.9. The molecule has 0 saturated carbocycles. The van der Waals surface area contributed by atoms with E-state index in [9.17, 15) is 4.79 Å². The molecule has 3 nitrogen and oxygen atoms in total. The molecule has 0 heterocycles. The van der Waals surface area contributed by atoms with Crippen molar-refractivity contribution in [1.29, 1.82) is 0 Å². The highest BCUT2D eigenvalue weighted by Crippen LogP contribution is 1.92. The molecule has 0 radical (unpaired) electrons. The van der Waals surface area contributed by atoms with Crippen molar-refractivity contribution < 1.29 is 4.79 Å². The number of nitrogens with one attached hydrogen (secondary N) is 1. The Balaban J connectivity index is 3.26. The maximum atomic E-state index is 10.8. The molecular formula is C10H19BrN2O. The lowest BCUT2D eigenvalue weighted by Crippen LogP contribution is -2.27. The summed E-state index contributed by atoms with van der Waals surface area (Å²) in [6, 6.07) is 0. The molecule has 0 atom stereocenters. The first-order valence-electron chi connectivity index (χ1n) is 4.85. The van der Waals surface area contributed by atoms with Crippen LogP contribution in [0.3, 0.4) is 0 Å². The molecule has 0 unspecified atom stereocenters. The molecule has 0 aliphatic carbocycles. The largest absolute Gasteiger partial charge is 0.353 e. The second kappa shape index (κ2) is 9.21. The molecular weight excluding hydrogens is 244 g/mol. The number of rotatable bonds is 8. The summed E-state index contributed by atoms with van der Waals surface area (Å²) < 4.78 is 0. The van der Waals surface area contributed by atoms with Crippen molar-refractivity contribution in [3.8, 4) is 0 Å². The lowest BCUT2D eigenvalue weighted by atomic mass is 10.3. The predicted octanol–water partition coefficient (Wildman–Crippen LogP) is 1.40. The van der Waals surface area contributed by atoms with Crippen molar-refractivity contribution in [2.24, 2.45) is 0 Å². The van der Waals surface area contributed by atoms with E-state index in [0.717, 1.165) is 37.8 Å². The zero-order chi connectivity index (χ0) is 10.8. The van der Waals surface area contributed by atoms with Gasteiger partial charge in [0.25, 0.3) is 0 Å². The van der Waals surface area contributed by atoms with Crippen LogP contribution in [0.2, 0.25) is 0 Å². The first-order chi connectivity index (χ1) is 6.70. The van der Waals surface area contributed by atoms with E-state index in [2.05, 4.69) is 39.8 Å². The van der Waals surface area contributed by atoms with Crippen molar-refractivity contribution >= 4 is 21.8 Å². The van der Waals surface area contributed by atoms with Crippen LogP contribution in [-0.2, 0) is 4.79 Å². The molecule has 14 heavy (non-hydrogen) atoms. The van der Waals surface area contributed by atoms with Gasteiger partial charge in [0.2, 0.25) is 5.91 Å². The number of nitrogens with zero attached hydrogens (tertiary/aromatic N) is 1. The number of hydrogen-bond donors (Lipinski definition) is 1. The third-order valence-corrected chi connectivity index (χ3v) is 2.44. The van der Waals surface area contributed by atoms with Crippen LogP contribution in [0.15, 0.2) is 12.7 Å². The molecule has 0 rings (SSSR count). The summed E-state index contributed by atoms with van der Waals surface area (Å²) in [5.74, 6) is -0.0897.